The highest BCUT2D eigenvalue weighted by Crippen LogP contribution is 2.29. The second-order valence-corrected chi connectivity index (χ2v) is 8.81. The zero-order valence-electron chi connectivity index (χ0n) is 17.1. The van der Waals surface area contributed by atoms with Crippen LogP contribution in [-0.2, 0) is 4.79 Å². The van der Waals surface area contributed by atoms with E-state index in [1.807, 2.05) is 42.6 Å². The van der Waals surface area contributed by atoms with Gasteiger partial charge in [0.1, 0.15) is 10.6 Å². The van der Waals surface area contributed by atoms with Crippen molar-refractivity contribution in [2.75, 3.05) is 12.4 Å². The minimum atomic E-state index is -0.415. The van der Waals surface area contributed by atoms with E-state index in [0.29, 0.717) is 27.5 Å². The van der Waals surface area contributed by atoms with E-state index in [0.717, 1.165) is 11.4 Å². The summed E-state index contributed by atoms with van der Waals surface area (Å²) in [4.78, 5) is 31.6. The number of nitrogens with one attached hydrogen (secondary N) is 1. The second kappa shape index (κ2) is 9.36. The van der Waals surface area contributed by atoms with Gasteiger partial charge in [-0.2, -0.15) is 0 Å². The number of hydrogen-bond acceptors (Lipinski definition) is 6. The standard InChI is InChI=1S/C23H21N3O3S2/c1-3-19(20(27)24-15-9-11-17(29-2)12-10-15)31-23-25-21-18(13-14-30-21)22(28)26(23)16-7-5-4-6-8-16/h4-14,19H,3H2,1-2H3,(H,24,27). The molecule has 2 aromatic heterocycles. The number of methoxy groups -OCH3 is 1. The number of thiophene rings is 1. The zero-order valence-corrected chi connectivity index (χ0v) is 18.7. The maximum absolute atomic E-state index is 13.2. The van der Waals surface area contributed by atoms with Crippen molar-refractivity contribution in [2.24, 2.45) is 0 Å². The normalized spacial score (nSPS) is 11.9. The molecule has 31 heavy (non-hydrogen) atoms. The molecule has 1 N–H and O–H groups in total. The maximum Gasteiger partial charge on any atom is 0.267 e. The van der Waals surface area contributed by atoms with Gasteiger partial charge in [0.15, 0.2) is 5.16 Å². The van der Waals surface area contributed by atoms with E-state index in [4.69, 9.17) is 9.72 Å². The largest absolute Gasteiger partial charge is 0.497 e. The lowest BCUT2D eigenvalue weighted by molar-refractivity contribution is -0.115. The van der Waals surface area contributed by atoms with E-state index in [1.54, 1.807) is 42.0 Å². The molecule has 1 amide bonds. The Morgan fingerprint density at radius 1 is 1.16 bits per heavy atom. The van der Waals surface area contributed by atoms with Gasteiger partial charge < -0.3 is 10.1 Å². The topological polar surface area (TPSA) is 73.2 Å². The maximum atomic E-state index is 13.2. The first kappa shape index (κ1) is 21.1. The first-order chi connectivity index (χ1) is 15.1. The van der Waals surface area contributed by atoms with Gasteiger partial charge in [0.25, 0.3) is 5.56 Å². The Balaban J connectivity index is 1.67. The number of benzene rings is 2. The van der Waals surface area contributed by atoms with Crippen LogP contribution in [0.5, 0.6) is 5.75 Å². The summed E-state index contributed by atoms with van der Waals surface area (Å²) >= 11 is 2.72. The number of hydrogen-bond donors (Lipinski definition) is 1. The number of amides is 1. The molecule has 2 heterocycles. The van der Waals surface area contributed by atoms with Gasteiger partial charge in [-0.25, -0.2) is 4.98 Å². The highest BCUT2D eigenvalue weighted by molar-refractivity contribution is 8.00. The summed E-state index contributed by atoms with van der Waals surface area (Å²) in [6.45, 7) is 1.94. The number of carbonyl (C=O) groups is 1. The van der Waals surface area contributed by atoms with Gasteiger partial charge in [-0.1, -0.05) is 36.9 Å². The molecule has 1 unspecified atom stereocenters. The molecule has 158 valence electrons. The average molecular weight is 452 g/mol. The number of ether oxygens (including phenoxy) is 1. The van der Waals surface area contributed by atoms with Crippen molar-refractivity contribution in [2.45, 2.75) is 23.8 Å². The average Bonchev–Trinajstić information content (AvgIpc) is 3.27. The lowest BCUT2D eigenvalue weighted by Gasteiger charge is -2.17. The Kier molecular flexibility index (Phi) is 6.39. The fraction of sp³-hybridized carbons (Fsp3) is 0.174. The van der Waals surface area contributed by atoms with Crippen molar-refractivity contribution in [3.63, 3.8) is 0 Å². The van der Waals surface area contributed by atoms with E-state index in [2.05, 4.69) is 5.32 Å². The van der Waals surface area contributed by atoms with E-state index >= 15 is 0 Å². The highest BCUT2D eigenvalue weighted by Gasteiger charge is 2.23. The van der Waals surface area contributed by atoms with Gasteiger partial charge in [-0.15, -0.1) is 11.3 Å². The van der Waals surface area contributed by atoms with Gasteiger partial charge in [-0.05, 0) is 54.3 Å². The Labute approximate surface area is 187 Å². The quantitative estimate of drug-likeness (QED) is 0.317. The molecule has 0 radical (unpaired) electrons. The number of para-hydroxylation sites is 1. The molecule has 0 aliphatic heterocycles. The van der Waals surface area contributed by atoms with Crippen molar-refractivity contribution in [3.8, 4) is 11.4 Å². The second-order valence-electron chi connectivity index (χ2n) is 6.74. The predicted octanol–water partition coefficient (Wildman–Crippen LogP) is 4.97. The summed E-state index contributed by atoms with van der Waals surface area (Å²) < 4.78 is 6.75. The molecule has 0 saturated carbocycles. The van der Waals surface area contributed by atoms with Crippen LogP contribution in [0.25, 0.3) is 15.9 Å². The van der Waals surface area contributed by atoms with Crippen LogP contribution in [-0.4, -0.2) is 27.8 Å². The van der Waals surface area contributed by atoms with E-state index in [9.17, 15) is 9.59 Å². The van der Waals surface area contributed by atoms with Crippen molar-refractivity contribution >= 4 is 44.9 Å². The van der Waals surface area contributed by atoms with Crippen molar-refractivity contribution in [1.29, 1.82) is 0 Å². The van der Waals surface area contributed by atoms with Crippen LogP contribution in [0.15, 0.2) is 76.0 Å². The Hall–Kier alpha value is -3.10. The van der Waals surface area contributed by atoms with Crippen LogP contribution >= 0.6 is 23.1 Å². The summed E-state index contributed by atoms with van der Waals surface area (Å²) in [7, 11) is 1.60. The van der Waals surface area contributed by atoms with Crippen LogP contribution in [0.4, 0.5) is 5.69 Å². The Morgan fingerprint density at radius 2 is 1.90 bits per heavy atom. The third kappa shape index (κ3) is 4.50. The molecule has 6 nitrogen and oxygen atoms in total. The lowest BCUT2D eigenvalue weighted by atomic mass is 10.2. The number of nitrogens with zero attached hydrogens (tertiary/aromatic N) is 2. The molecular weight excluding hydrogens is 430 g/mol. The van der Waals surface area contributed by atoms with Crippen molar-refractivity contribution in [3.05, 3.63) is 76.4 Å². The van der Waals surface area contributed by atoms with Gasteiger partial charge >= 0.3 is 0 Å². The molecule has 8 heteroatoms. The molecular formula is C23H21N3O3S2. The number of fused-ring (bicyclic) bond motifs is 1. The molecule has 0 aliphatic rings. The SMILES string of the molecule is CCC(Sc1nc2sccc2c(=O)n1-c1ccccc1)C(=O)Nc1ccc(OC)cc1. The lowest BCUT2D eigenvalue weighted by Crippen LogP contribution is -2.27. The first-order valence-electron chi connectivity index (χ1n) is 9.78. The molecule has 0 bridgehead atoms. The number of rotatable bonds is 7. The monoisotopic (exact) mass is 451 g/mol. The van der Waals surface area contributed by atoms with Crippen LogP contribution < -0.4 is 15.6 Å². The zero-order chi connectivity index (χ0) is 21.8. The summed E-state index contributed by atoms with van der Waals surface area (Å²) in [5, 5.41) is 5.47. The van der Waals surface area contributed by atoms with E-state index in [1.165, 1.54) is 23.1 Å². The van der Waals surface area contributed by atoms with Gasteiger partial charge in [0.05, 0.1) is 23.4 Å². The van der Waals surface area contributed by atoms with Gasteiger partial charge in [0.2, 0.25) is 5.91 Å². The number of aromatic nitrogens is 2. The summed E-state index contributed by atoms with van der Waals surface area (Å²) in [6.07, 6.45) is 0.583. The van der Waals surface area contributed by atoms with Crippen molar-refractivity contribution < 1.29 is 9.53 Å². The smallest absolute Gasteiger partial charge is 0.267 e. The van der Waals surface area contributed by atoms with Crippen LogP contribution in [0.1, 0.15) is 13.3 Å². The predicted molar refractivity (Wildman–Crippen MR) is 127 cm³/mol. The van der Waals surface area contributed by atoms with Crippen LogP contribution in [0.2, 0.25) is 0 Å². The van der Waals surface area contributed by atoms with Gasteiger partial charge in [0, 0.05) is 5.69 Å². The molecule has 4 aromatic rings. The number of thioether (sulfide) groups is 1. The molecule has 0 spiro atoms. The summed E-state index contributed by atoms with van der Waals surface area (Å²) in [5.41, 5.74) is 1.28. The van der Waals surface area contributed by atoms with Crippen LogP contribution in [0, 0.1) is 0 Å². The Bertz CT molecular complexity index is 1250. The van der Waals surface area contributed by atoms with E-state index < -0.39 is 5.25 Å². The Morgan fingerprint density at radius 3 is 2.58 bits per heavy atom. The molecule has 2 aromatic carbocycles. The molecule has 1 atom stereocenters. The van der Waals surface area contributed by atoms with E-state index in [-0.39, 0.29) is 11.5 Å². The fourth-order valence-corrected chi connectivity index (χ4v) is 4.96. The number of anilines is 1. The minimum Gasteiger partial charge on any atom is -0.497 e. The third-order valence-corrected chi connectivity index (χ3v) is 6.87. The first-order valence-corrected chi connectivity index (χ1v) is 11.5. The summed E-state index contributed by atoms with van der Waals surface area (Å²) in [5.74, 6) is 0.581. The fourth-order valence-electron chi connectivity index (χ4n) is 3.13. The summed E-state index contributed by atoms with van der Waals surface area (Å²) in [6, 6.07) is 18.4. The molecule has 0 fully saturated rings. The van der Waals surface area contributed by atoms with Crippen molar-refractivity contribution in [1.82, 2.24) is 9.55 Å². The minimum absolute atomic E-state index is 0.134. The van der Waals surface area contributed by atoms with Crippen LogP contribution in [0.3, 0.4) is 0 Å². The third-order valence-electron chi connectivity index (χ3n) is 4.75. The molecule has 0 aliphatic carbocycles. The number of carbonyl (C=O) groups excluding carboxylic acids is 1. The van der Waals surface area contributed by atoms with Gasteiger partial charge in [-0.3, -0.25) is 14.2 Å². The molecule has 4 rings (SSSR count). The highest BCUT2D eigenvalue weighted by atomic mass is 32.2. The molecule has 0 saturated heterocycles.